The molecular formula is C15H23N3O. The molecule has 1 aromatic rings. The van der Waals surface area contributed by atoms with Gasteiger partial charge >= 0.3 is 0 Å². The molecule has 4 heteroatoms. The van der Waals surface area contributed by atoms with Crippen molar-refractivity contribution in [3.63, 3.8) is 0 Å². The fourth-order valence-corrected chi connectivity index (χ4v) is 2.24. The number of nitrogens with two attached hydrogens (primary N) is 1. The number of fused-ring (bicyclic) bond motifs is 1. The Bertz CT molecular complexity index is 431. The highest BCUT2D eigenvalue weighted by molar-refractivity contribution is 5.78. The Balaban J connectivity index is 1.80. The molecule has 0 fully saturated rings. The second-order valence-corrected chi connectivity index (χ2v) is 4.87. The normalized spacial score (nSPS) is 17.9. The third kappa shape index (κ3) is 3.88. The van der Waals surface area contributed by atoms with Crippen LogP contribution in [0.15, 0.2) is 29.3 Å². The van der Waals surface area contributed by atoms with E-state index in [1.54, 1.807) is 0 Å². The fourth-order valence-electron chi connectivity index (χ4n) is 2.24. The van der Waals surface area contributed by atoms with Gasteiger partial charge in [-0.05, 0) is 12.5 Å². The molecule has 0 radical (unpaired) electrons. The van der Waals surface area contributed by atoms with Gasteiger partial charge in [0, 0.05) is 12.1 Å². The molecule has 1 aliphatic heterocycles. The highest BCUT2D eigenvalue weighted by Gasteiger charge is 2.23. The lowest BCUT2D eigenvalue weighted by Gasteiger charge is -2.12. The monoisotopic (exact) mass is 261 g/mol. The molecule has 0 spiro atoms. The number of ether oxygens (including phenoxy) is 1. The Hall–Kier alpha value is -1.71. The number of hydrogen-bond donors (Lipinski definition) is 2. The lowest BCUT2D eigenvalue weighted by Crippen LogP contribution is -2.35. The Morgan fingerprint density at radius 2 is 2.21 bits per heavy atom. The van der Waals surface area contributed by atoms with Crippen LogP contribution >= 0.6 is 0 Å². The van der Waals surface area contributed by atoms with Crippen LogP contribution in [0.2, 0.25) is 0 Å². The zero-order valence-electron chi connectivity index (χ0n) is 11.6. The van der Waals surface area contributed by atoms with Gasteiger partial charge in [-0.1, -0.05) is 44.4 Å². The maximum Gasteiger partial charge on any atom is 0.189 e. The summed E-state index contributed by atoms with van der Waals surface area (Å²) in [5.41, 5.74) is 7.07. The van der Waals surface area contributed by atoms with Gasteiger partial charge in [0.05, 0.1) is 6.04 Å². The first kappa shape index (κ1) is 13.7. The molecule has 0 saturated heterocycles. The smallest absolute Gasteiger partial charge is 0.189 e. The molecule has 1 aromatic carbocycles. The van der Waals surface area contributed by atoms with Gasteiger partial charge in [-0.25, -0.2) is 0 Å². The van der Waals surface area contributed by atoms with Crippen LogP contribution < -0.4 is 15.8 Å². The van der Waals surface area contributed by atoms with E-state index in [9.17, 15) is 0 Å². The molecule has 4 nitrogen and oxygen atoms in total. The zero-order valence-corrected chi connectivity index (χ0v) is 11.6. The number of aliphatic imine (C=N–C) groups is 1. The quantitative estimate of drug-likeness (QED) is 0.470. The molecular weight excluding hydrogens is 238 g/mol. The van der Waals surface area contributed by atoms with Gasteiger partial charge in [0.15, 0.2) is 5.96 Å². The standard InChI is InChI=1S/C15H23N3O/c1-2-3-4-7-10-17-15(16)18-13-11-19-14-9-6-5-8-12(13)14/h5-6,8-9,13H,2-4,7,10-11H2,1H3,(H3,16,17,18). The van der Waals surface area contributed by atoms with Crippen molar-refractivity contribution in [1.29, 1.82) is 0 Å². The Morgan fingerprint density at radius 1 is 1.37 bits per heavy atom. The predicted molar refractivity (Wildman–Crippen MR) is 78.4 cm³/mol. The van der Waals surface area contributed by atoms with Crippen molar-refractivity contribution in [2.24, 2.45) is 10.7 Å². The van der Waals surface area contributed by atoms with Gasteiger partial charge in [0.25, 0.3) is 0 Å². The third-order valence-corrected chi connectivity index (χ3v) is 3.32. The minimum atomic E-state index is 0.121. The van der Waals surface area contributed by atoms with Crippen LogP contribution in [0.3, 0.4) is 0 Å². The molecule has 0 aromatic heterocycles. The van der Waals surface area contributed by atoms with Crippen LogP contribution in [0.25, 0.3) is 0 Å². The minimum Gasteiger partial charge on any atom is -0.491 e. The SMILES string of the molecule is CCCCCCN=C(N)NC1COc2ccccc21. The molecule has 19 heavy (non-hydrogen) atoms. The van der Waals surface area contributed by atoms with Crippen LogP contribution in [0.5, 0.6) is 5.75 Å². The lowest BCUT2D eigenvalue weighted by atomic mass is 10.1. The van der Waals surface area contributed by atoms with Crippen molar-refractivity contribution in [2.75, 3.05) is 13.2 Å². The number of unbranched alkanes of at least 4 members (excludes halogenated alkanes) is 3. The molecule has 0 amide bonds. The van der Waals surface area contributed by atoms with Crippen molar-refractivity contribution < 1.29 is 4.74 Å². The summed E-state index contributed by atoms with van der Waals surface area (Å²) in [7, 11) is 0. The summed E-state index contributed by atoms with van der Waals surface area (Å²) in [5.74, 6) is 1.46. The largest absolute Gasteiger partial charge is 0.491 e. The molecule has 1 aliphatic rings. The molecule has 3 N–H and O–H groups in total. The van der Waals surface area contributed by atoms with Crippen molar-refractivity contribution in [2.45, 2.75) is 38.6 Å². The Labute approximate surface area is 115 Å². The van der Waals surface area contributed by atoms with E-state index in [0.717, 1.165) is 24.3 Å². The number of guanidine groups is 1. The third-order valence-electron chi connectivity index (χ3n) is 3.32. The van der Waals surface area contributed by atoms with Crippen LogP contribution in [0.4, 0.5) is 0 Å². The summed E-state index contributed by atoms with van der Waals surface area (Å²) in [5, 5.41) is 3.23. The average molecular weight is 261 g/mol. The first-order valence-corrected chi connectivity index (χ1v) is 7.09. The fraction of sp³-hybridized carbons (Fsp3) is 0.533. The summed E-state index contributed by atoms with van der Waals surface area (Å²) in [6.45, 7) is 3.62. The van der Waals surface area contributed by atoms with E-state index < -0.39 is 0 Å². The van der Waals surface area contributed by atoms with Crippen LogP contribution in [0, 0.1) is 0 Å². The molecule has 1 unspecified atom stereocenters. The molecule has 2 rings (SSSR count). The summed E-state index contributed by atoms with van der Waals surface area (Å²) >= 11 is 0. The van der Waals surface area contributed by atoms with E-state index in [0.29, 0.717) is 12.6 Å². The van der Waals surface area contributed by atoms with Crippen LogP contribution in [-0.2, 0) is 0 Å². The number of nitrogens with one attached hydrogen (secondary N) is 1. The molecule has 104 valence electrons. The van der Waals surface area contributed by atoms with E-state index in [1.807, 2.05) is 18.2 Å². The first-order chi connectivity index (χ1) is 9.31. The van der Waals surface area contributed by atoms with Crippen LogP contribution in [0.1, 0.15) is 44.2 Å². The van der Waals surface area contributed by atoms with Crippen LogP contribution in [-0.4, -0.2) is 19.1 Å². The highest BCUT2D eigenvalue weighted by Crippen LogP contribution is 2.31. The average Bonchev–Trinajstić information content (AvgIpc) is 2.82. The van der Waals surface area contributed by atoms with Gasteiger partial charge in [0.2, 0.25) is 0 Å². The number of nitrogens with zero attached hydrogens (tertiary/aromatic N) is 1. The van der Waals surface area contributed by atoms with Gasteiger partial charge < -0.3 is 15.8 Å². The number of benzene rings is 1. The van der Waals surface area contributed by atoms with Crippen molar-refractivity contribution in [3.05, 3.63) is 29.8 Å². The van der Waals surface area contributed by atoms with Crippen molar-refractivity contribution >= 4 is 5.96 Å². The maximum absolute atomic E-state index is 5.91. The van der Waals surface area contributed by atoms with Crippen molar-refractivity contribution in [3.8, 4) is 5.75 Å². The second kappa shape index (κ2) is 7.02. The molecule has 0 saturated carbocycles. The van der Waals surface area contributed by atoms with Crippen molar-refractivity contribution in [1.82, 2.24) is 5.32 Å². The molecule has 1 heterocycles. The van der Waals surface area contributed by atoms with Gasteiger partial charge in [-0.15, -0.1) is 0 Å². The van der Waals surface area contributed by atoms with Gasteiger partial charge in [-0.3, -0.25) is 4.99 Å². The topological polar surface area (TPSA) is 59.6 Å². The predicted octanol–water partition coefficient (Wildman–Crippen LogP) is 2.60. The summed E-state index contributed by atoms with van der Waals surface area (Å²) in [4.78, 5) is 4.36. The zero-order chi connectivity index (χ0) is 13.5. The lowest BCUT2D eigenvalue weighted by molar-refractivity contribution is 0.324. The highest BCUT2D eigenvalue weighted by atomic mass is 16.5. The second-order valence-electron chi connectivity index (χ2n) is 4.87. The maximum atomic E-state index is 5.91. The number of para-hydroxylation sites is 1. The van der Waals surface area contributed by atoms with E-state index >= 15 is 0 Å². The summed E-state index contributed by atoms with van der Waals surface area (Å²) in [6, 6.07) is 8.16. The molecule has 0 bridgehead atoms. The summed E-state index contributed by atoms with van der Waals surface area (Å²) in [6.07, 6.45) is 4.84. The van der Waals surface area contributed by atoms with E-state index in [4.69, 9.17) is 10.5 Å². The van der Waals surface area contributed by atoms with Gasteiger partial charge in [0.1, 0.15) is 12.4 Å². The first-order valence-electron chi connectivity index (χ1n) is 7.09. The van der Waals surface area contributed by atoms with E-state index in [-0.39, 0.29) is 6.04 Å². The Kier molecular flexibility index (Phi) is 5.07. The molecule has 1 atom stereocenters. The Morgan fingerprint density at radius 3 is 3.05 bits per heavy atom. The summed E-state index contributed by atoms with van der Waals surface area (Å²) < 4.78 is 5.60. The molecule has 0 aliphatic carbocycles. The van der Waals surface area contributed by atoms with Gasteiger partial charge in [-0.2, -0.15) is 0 Å². The number of hydrogen-bond acceptors (Lipinski definition) is 2. The van der Waals surface area contributed by atoms with E-state index in [1.165, 1.54) is 19.3 Å². The number of rotatable bonds is 6. The minimum absolute atomic E-state index is 0.121. The van der Waals surface area contributed by atoms with E-state index in [2.05, 4.69) is 23.3 Å².